The largest absolute Gasteiger partial charge is 0.316 e. The standard InChI is InChI=1S/C16H35N/c1-7-15(8-2)13(5)11-17-12-14(6)16(9-3)10-4/h13-17H,7-12H2,1-6H3. The van der Waals surface area contributed by atoms with Crippen LogP contribution in [0.1, 0.15) is 67.2 Å². The molecule has 0 aliphatic carbocycles. The van der Waals surface area contributed by atoms with Gasteiger partial charge in [0.1, 0.15) is 0 Å². The molecule has 0 aliphatic heterocycles. The van der Waals surface area contributed by atoms with Crippen LogP contribution in [0.4, 0.5) is 0 Å². The van der Waals surface area contributed by atoms with Gasteiger partial charge in [0.05, 0.1) is 0 Å². The van der Waals surface area contributed by atoms with Crippen LogP contribution >= 0.6 is 0 Å². The molecule has 1 heteroatoms. The van der Waals surface area contributed by atoms with E-state index < -0.39 is 0 Å². The lowest BCUT2D eigenvalue weighted by molar-refractivity contribution is 0.287. The van der Waals surface area contributed by atoms with Crippen LogP contribution < -0.4 is 5.32 Å². The fourth-order valence-electron chi connectivity index (χ4n) is 3.06. The van der Waals surface area contributed by atoms with Gasteiger partial charge in [-0.15, -0.1) is 0 Å². The molecule has 2 atom stereocenters. The van der Waals surface area contributed by atoms with Gasteiger partial charge in [0.25, 0.3) is 0 Å². The molecule has 17 heavy (non-hydrogen) atoms. The van der Waals surface area contributed by atoms with Gasteiger partial charge in [-0.2, -0.15) is 0 Å². The summed E-state index contributed by atoms with van der Waals surface area (Å²) in [5.41, 5.74) is 0. The summed E-state index contributed by atoms with van der Waals surface area (Å²) in [6.45, 7) is 16.4. The molecule has 2 unspecified atom stereocenters. The van der Waals surface area contributed by atoms with Crippen LogP contribution in [0.2, 0.25) is 0 Å². The summed E-state index contributed by atoms with van der Waals surface area (Å²) in [6, 6.07) is 0. The first kappa shape index (κ1) is 17.0. The second-order valence-corrected chi connectivity index (χ2v) is 5.77. The highest BCUT2D eigenvalue weighted by Crippen LogP contribution is 2.20. The van der Waals surface area contributed by atoms with Crippen LogP contribution in [0, 0.1) is 23.7 Å². The molecule has 0 bridgehead atoms. The molecule has 0 heterocycles. The van der Waals surface area contributed by atoms with E-state index in [0.29, 0.717) is 0 Å². The summed E-state index contributed by atoms with van der Waals surface area (Å²) < 4.78 is 0. The molecule has 0 saturated heterocycles. The minimum atomic E-state index is 0.818. The van der Waals surface area contributed by atoms with Crippen molar-refractivity contribution in [3.8, 4) is 0 Å². The highest BCUT2D eigenvalue weighted by Gasteiger charge is 2.15. The first-order valence-corrected chi connectivity index (χ1v) is 7.81. The smallest absolute Gasteiger partial charge is 0.00204 e. The summed E-state index contributed by atoms with van der Waals surface area (Å²) in [7, 11) is 0. The lowest BCUT2D eigenvalue weighted by Gasteiger charge is -2.25. The highest BCUT2D eigenvalue weighted by molar-refractivity contribution is 4.70. The van der Waals surface area contributed by atoms with E-state index in [2.05, 4.69) is 46.9 Å². The van der Waals surface area contributed by atoms with Crippen LogP contribution in [-0.4, -0.2) is 13.1 Å². The van der Waals surface area contributed by atoms with Crippen molar-refractivity contribution in [2.45, 2.75) is 67.2 Å². The molecule has 0 aliphatic rings. The fourth-order valence-corrected chi connectivity index (χ4v) is 3.06. The molecule has 0 fully saturated rings. The molecule has 1 nitrogen and oxygen atoms in total. The summed E-state index contributed by atoms with van der Waals surface area (Å²) in [6.07, 6.45) is 5.28. The van der Waals surface area contributed by atoms with E-state index >= 15 is 0 Å². The van der Waals surface area contributed by atoms with Gasteiger partial charge >= 0.3 is 0 Å². The quantitative estimate of drug-likeness (QED) is 0.583. The first-order chi connectivity index (χ1) is 8.10. The van der Waals surface area contributed by atoms with Crippen molar-refractivity contribution in [1.82, 2.24) is 5.32 Å². The number of hydrogen-bond acceptors (Lipinski definition) is 1. The van der Waals surface area contributed by atoms with E-state index in [1.165, 1.54) is 38.8 Å². The Kier molecular flexibility index (Phi) is 9.91. The summed E-state index contributed by atoms with van der Waals surface area (Å²) in [5.74, 6) is 3.43. The van der Waals surface area contributed by atoms with Crippen LogP contribution in [0.5, 0.6) is 0 Å². The van der Waals surface area contributed by atoms with Gasteiger partial charge in [0, 0.05) is 0 Å². The van der Waals surface area contributed by atoms with Gasteiger partial charge in [-0.3, -0.25) is 0 Å². The maximum Gasteiger partial charge on any atom is -0.00204 e. The third kappa shape index (κ3) is 6.45. The normalized spacial score (nSPS) is 15.5. The Hall–Kier alpha value is -0.0400. The first-order valence-electron chi connectivity index (χ1n) is 7.81. The third-order valence-corrected chi connectivity index (χ3v) is 4.64. The molecule has 0 aromatic carbocycles. The average Bonchev–Trinajstić information content (AvgIpc) is 2.32. The lowest BCUT2D eigenvalue weighted by Crippen LogP contribution is -2.31. The molecule has 0 aromatic rings. The molecule has 0 radical (unpaired) electrons. The van der Waals surface area contributed by atoms with Gasteiger partial charge in [-0.05, 0) is 36.8 Å². The summed E-state index contributed by atoms with van der Waals surface area (Å²) in [4.78, 5) is 0. The minimum Gasteiger partial charge on any atom is -0.316 e. The van der Waals surface area contributed by atoms with Crippen molar-refractivity contribution in [3.63, 3.8) is 0 Å². The zero-order valence-electron chi connectivity index (χ0n) is 13.1. The predicted octanol–water partition coefficient (Wildman–Crippen LogP) is 4.72. The molecule has 1 N–H and O–H groups in total. The zero-order chi connectivity index (χ0) is 13.3. The minimum absolute atomic E-state index is 0.818. The SMILES string of the molecule is CCC(CC)C(C)CNCC(C)C(CC)CC. The molecule has 0 amide bonds. The molecular weight excluding hydrogens is 206 g/mol. The van der Waals surface area contributed by atoms with Crippen molar-refractivity contribution in [3.05, 3.63) is 0 Å². The molecule has 104 valence electrons. The number of rotatable bonds is 10. The molecule has 0 aromatic heterocycles. The predicted molar refractivity (Wildman–Crippen MR) is 79.3 cm³/mol. The van der Waals surface area contributed by atoms with Gasteiger partial charge in [-0.25, -0.2) is 0 Å². The maximum absolute atomic E-state index is 3.68. The van der Waals surface area contributed by atoms with Crippen molar-refractivity contribution < 1.29 is 0 Å². The van der Waals surface area contributed by atoms with Gasteiger partial charge in [-0.1, -0.05) is 67.2 Å². The average molecular weight is 241 g/mol. The van der Waals surface area contributed by atoms with E-state index in [9.17, 15) is 0 Å². The van der Waals surface area contributed by atoms with E-state index in [1.807, 2.05) is 0 Å². The monoisotopic (exact) mass is 241 g/mol. The van der Waals surface area contributed by atoms with Crippen LogP contribution in [-0.2, 0) is 0 Å². The highest BCUT2D eigenvalue weighted by atomic mass is 14.9. The summed E-state index contributed by atoms with van der Waals surface area (Å²) >= 11 is 0. The van der Waals surface area contributed by atoms with E-state index in [-0.39, 0.29) is 0 Å². The topological polar surface area (TPSA) is 12.0 Å². The van der Waals surface area contributed by atoms with Crippen LogP contribution in [0.3, 0.4) is 0 Å². The van der Waals surface area contributed by atoms with Crippen molar-refractivity contribution in [2.24, 2.45) is 23.7 Å². The fraction of sp³-hybridized carbons (Fsp3) is 1.00. The Morgan fingerprint density at radius 1 is 0.647 bits per heavy atom. The van der Waals surface area contributed by atoms with Gasteiger partial charge < -0.3 is 5.32 Å². The van der Waals surface area contributed by atoms with Crippen molar-refractivity contribution >= 4 is 0 Å². The molecule has 0 saturated carbocycles. The Balaban J connectivity index is 3.82. The number of hydrogen-bond donors (Lipinski definition) is 1. The van der Waals surface area contributed by atoms with E-state index in [1.54, 1.807) is 0 Å². The third-order valence-electron chi connectivity index (χ3n) is 4.64. The molecule has 0 rings (SSSR count). The maximum atomic E-state index is 3.68. The van der Waals surface area contributed by atoms with E-state index in [0.717, 1.165) is 23.7 Å². The van der Waals surface area contributed by atoms with Gasteiger partial charge in [0.15, 0.2) is 0 Å². The molecular formula is C16H35N. The molecule has 0 spiro atoms. The van der Waals surface area contributed by atoms with Crippen molar-refractivity contribution in [2.75, 3.05) is 13.1 Å². The Morgan fingerprint density at radius 3 is 1.18 bits per heavy atom. The van der Waals surface area contributed by atoms with E-state index in [4.69, 9.17) is 0 Å². The van der Waals surface area contributed by atoms with Crippen molar-refractivity contribution in [1.29, 1.82) is 0 Å². The Morgan fingerprint density at radius 2 is 0.941 bits per heavy atom. The van der Waals surface area contributed by atoms with Crippen LogP contribution in [0.15, 0.2) is 0 Å². The Labute approximate surface area is 110 Å². The second kappa shape index (κ2) is 9.94. The van der Waals surface area contributed by atoms with Gasteiger partial charge in [0.2, 0.25) is 0 Å². The number of nitrogens with one attached hydrogen (secondary N) is 1. The zero-order valence-corrected chi connectivity index (χ0v) is 13.1. The lowest BCUT2D eigenvalue weighted by atomic mass is 9.87. The summed E-state index contributed by atoms with van der Waals surface area (Å²) in [5, 5.41) is 3.68. The second-order valence-electron chi connectivity index (χ2n) is 5.77. The van der Waals surface area contributed by atoms with Crippen LogP contribution in [0.25, 0.3) is 0 Å². The Bertz CT molecular complexity index is 141.